The van der Waals surface area contributed by atoms with E-state index < -0.39 is 0 Å². The molecular weight excluding hydrogens is 156 g/mol. The molecule has 1 aromatic heterocycles. The highest BCUT2D eigenvalue weighted by Crippen LogP contribution is 2.06. The fourth-order valence-corrected chi connectivity index (χ4v) is 0.790. The fourth-order valence-electron chi connectivity index (χ4n) is 0.790. The van der Waals surface area contributed by atoms with Gasteiger partial charge in [0.1, 0.15) is 6.08 Å². The van der Waals surface area contributed by atoms with Gasteiger partial charge in [-0.05, 0) is 6.07 Å². The Labute approximate surface area is 69.0 Å². The van der Waals surface area contributed by atoms with Crippen molar-refractivity contribution >= 4 is 5.90 Å². The molecule has 0 aromatic carbocycles. The number of hydroxylamine groups is 1. The third kappa shape index (κ3) is 1.14. The third-order valence-corrected chi connectivity index (χ3v) is 1.42. The van der Waals surface area contributed by atoms with E-state index in [4.69, 9.17) is 4.74 Å². The van der Waals surface area contributed by atoms with Gasteiger partial charge in [-0.2, -0.15) is 0 Å². The van der Waals surface area contributed by atoms with Gasteiger partial charge in [0.2, 0.25) is 5.88 Å². The molecule has 12 heavy (non-hydrogen) atoms. The van der Waals surface area contributed by atoms with Crippen molar-refractivity contribution in [1.29, 1.82) is 0 Å². The summed E-state index contributed by atoms with van der Waals surface area (Å²) in [6, 6.07) is 5.26. The van der Waals surface area contributed by atoms with Gasteiger partial charge in [0.05, 0.1) is 0 Å². The Hall–Kier alpha value is -1.84. The van der Waals surface area contributed by atoms with Crippen LogP contribution in [0.3, 0.4) is 0 Å². The van der Waals surface area contributed by atoms with E-state index in [0.717, 1.165) is 0 Å². The Balaban J connectivity index is 2.10. The van der Waals surface area contributed by atoms with Gasteiger partial charge < -0.3 is 9.94 Å². The van der Waals surface area contributed by atoms with E-state index in [2.05, 4.69) is 4.98 Å². The second kappa shape index (κ2) is 2.65. The Morgan fingerprint density at radius 1 is 1.42 bits per heavy atom. The molecule has 0 amide bonds. The lowest BCUT2D eigenvalue weighted by Crippen LogP contribution is -2.23. The Bertz CT molecular complexity index is 343. The van der Waals surface area contributed by atoms with Crippen LogP contribution in [0.15, 0.2) is 36.7 Å². The number of aromatic nitrogens is 1. The molecular formula is C8H6N2O2. The van der Waals surface area contributed by atoms with E-state index in [9.17, 15) is 5.21 Å². The van der Waals surface area contributed by atoms with Gasteiger partial charge in [-0.15, -0.1) is 4.74 Å². The van der Waals surface area contributed by atoms with E-state index in [1.807, 2.05) is 0 Å². The fraction of sp³-hybridized carbons (Fsp3) is 0. The van der Waals surface area contributed by atoms with Gasteiger partial charge in [0.25, 0.3) is 0 Å². The van der Waals surface area contributed by atoms with E-state index in [1.165, 1.54) is 6.20 Å². The van der Waals surface area contributed by atoms with Crippen molar-refractivity contribution in [3.05, 3.63) is 41.9 Å². The lowest BCUT2D eigenvalue weighted by atomic mass is 10.4. The van der Waals surface area contributed by atoms with E-state index in [1.54, 1.807) is 30.5 Å². The molecule has 0 saturated carbocycles. The highest BCUT2D eigenvalue weighted by molar-refractivity contribution is 5.87. The maximum Gasteiger partial charge on any atom is 0.392 e. The molecule has 0 N–H and O–H groups in total. The molecule has 4 nitrogen and oxygen atoms in total. The minimum absolute atomic E-state index is 0.272. The van der Waals surface area contributed by atoms with Crippen molar-refractivity contribution in [3.63, 3.8) is 0 Å². The monoisotopic (exact) mass is 162 g/mol. The average molecular weight is 162 g/mol. The van der Waals surface area contributed by atoms with Gasteiger partial charge in [-0.25, -0.2) is 4.98 Å². The van der Waals surface area contributed by atoms with Crippen LogP contribution in [0.5, 0.6) is 5.88 Å². The molecule has 1 aliphatic rings. The van der Waals surface area contributed by atoms with Gasteiger partial charge in [0, 0.05) is 12.3 Å². The summed E-state index contributed by atoms with van der Waals surface area (Å²) in [4.78, 5) is 3.89. The molecule has 0 saturated heterocycles. The number of pyridine rings is 1. The minimum Gasteiger partial charge on any atom is -0.616 e. The normalized spacial score (nSPS) is 14.3. The Morgan fingerprint density at radius 2 is 2.33 bits per heavy atom. The van der Waals surface area contributed by atoms with Gasteiger partial charge in [-0.3, -0.25) is 0 Å². The van der Waals surface area contributed by atoms with Crippen molar-refractivity contribution in [1.82, 2.24) is 4.98 Å². The third-order valence-electron chi connectivity index (χ3n) is 1.42. The quantitative estimate of drug-likeness (QED) is 0.455. The van der Waals surface area contributed by atoms with E-state index in [-0.39, 0.29) is 5.90 Å². The molecule has 60 valence electrons. The van der Waals surface area contributed by atoms with Crippen LogP contribution in [-0.4, -0.2) is 15.6 Å². The predicted molar refractivity (Wildman–Crippen MR) is 42.6 cm³/mol. The molecule has 0 aliphatic carbocycles. The summed E-state index contributed by atoms with van der Waals surface area (Å²) in [6.07, 6.45) is 4.56. The molecule has 2 heterocycles. The number of nitrogens with zero attached hydrogens (tertiary/aromatic N) is 2. The van der Waals surface area contributed by atoms with Crippen LogP contribution in [0, 0.1) is 5.21 Å². The van der Waals surface area contributed by atoms with Crippen LogP contribution in [0.25, 0.3) is 0 Å². The largest absolute Gasteiger partial charge is 0.616 e. The molecule has 0 unspecified atom stereocenters. The van der Waals surface area contributed by atoms with Crippen molar-refractivity contribution in [2.45, 2.75) is 0 Å². The SMILES string of the molecule is [O-][N+]1=C(Oc2ccccn2)C=C1. The number of rotatable bonds is 1. The van der Waals surface area contributed by atoms with Crippen LogP contribution < -0.4 is 4.74 Å². The summed E-state index contributed by atoms with van der Waals surface area (Å²) in [6.45, 7) is 0. The molecule has 0 atom stereocenters. The van der Waals surface area contributed by atoms with Crippen LogP contribution in [-0.2, 0) is 0 Å². The number of hydrogen-bond acceptors (Lipinski definition) is 3. The van der Waals surface area contributed by atoms with Crippen LogP contribution in [0.4, 0.5) is 0 Å². The predicted octanol–water partition coefficient (Wildman–Crippen LogP) is 0.896. The van der Waals surface area contributed by atoms with Gasteiger partial charge in [-0.1, -0.05) is 6.07 Å². The first-order chi connectivity index (χ1) is 5.86. The molecule has 0 radical (unpaired) electrons. The highest BCUT2D eigenvalue weighted by atomic mass is 16.6. The zero-order valence-corrected chi connectivity index (χ0v) is 6.18. The molecule has 1 aromatic rings. The first kappa shape index (κ1) is 6.84. The van der Waals surface area contributed by atoms with Crippen molar-refractivity contribution in [2.24, 2.45) is 0 Å². The lowest BCUT2D eigenvalue weighted by molar-refractivity contribution is -0.399. The zero-order valence-electron chi connectivity index (χ0n) is 6.18. The van der Waals surface area contributed by atoms with E-state index in [0.29, 0.717) is 10.6 Å². The number of ether oxygens (including phenoxy) is 1. The summed E-state index contributed by atoms with van der Waals surface area (Å²) in [5, 5.41) is 10.7. The summed E-state index contributed by atoms with van der Waals surface area (Å²) in [5.41, 5.74) is 0. The molecule has 1 aliphatic heterocycles. The topological polar surface area (TPSA) is 48.2 Å². The first-order valence-corrected chi connectivity index (χ1v) is 3.47. The summed E-state index contributed by atoms with van der Waals surface area (Å²) in [5.74, 6) is 0.700. The van der Waals surface area contributed by atoms with Gasteiger partial charge >= 0.3 is 5.90 Å². The summed E-state index contributed by atoms with van der Waals surface area (Å²) in [7, 11) is 0. The minimum atomic E-state index is 0.272. The average Bonchev–Trinajstić information content (AvgIpc) is 2.14. The van der Waals surface area contributed by atoms with Gasteiger partial charge in [0.15, 0.2) is 6.20 Å². The summed E-state index contributed by atoms with van der Waals surface area (Å²) >= 11 is 0. The maximum atomic E-state index is 10.7. The second-order valence-electron chi connectivity index (χ2n) is 2.25. The molecule has 0 fully saturated rings. The van der Waals surface area contributed by atoms with Crippen LogP contribution in [0.2, 0.25) is 0 Å². The van der Waals surface area contributed by atoms with Crippen molar-refractivity contribution < 1.29 is 9.48 Å². The molecule has 0 bridgehead atoms. The highest BCUT2D eigenvalue weighted by Gasteiger charge is 2.16. The maximum absolute atomic E-state index is 10.7. The zero-order chi connectivity index (χ0) is 8.39. The molecule has 2 rings (SSSR count). The van der Waals surface area contributed by atoms with Crippen molar-refractivity contribution in [2.75, 3.05) is 0 Å². The molecule has 0 spiro atoms. The lowest BCUT2D eigenvalue weighted by Gasteiger charge is -2.08. The Morgan fingerprint density at radius 3 is 2.83 bits per heavy atom. The first-order valence-electron chi connectivity index (χ1n) is 3.47. The second-order valence-corrected chi connectivity index (χ2v) is 2.25. The molecule has 4 heteroatoms. The van der Waals surface area contributed by atoms with Crippen molar-refractivity contribution in [3.8, 4) is 5.88 Å². The smallest absolute Gasteiger partial charge is 0.392 e. The van der Waals surface area contributed by atoms with Crippen LogP contribution >= 0.6 is 0 Å². The van der Waals surface area contributed by atoms with E-state index >= 15 is 0 Å². The Kier molecular flexibility index (Phi) is 1.51. The standard InChI is InChI=1S/C8H6N2O2/c11-10-6-4-8(10)12-7-3-1-2-5-9-7/h1-6H. The number of hydrogen-bond donors (Lipinski definition) is 0. The summed E-state index contributed by atoms with van der Waals surface area (Å²) < 4.78 is 5.74. The van der Waals surface area contributed by atoms with Crippen LogP contribution in [0.1, 0.15) is 0 Å².